The number of piperazine rings is 1. The largest absolute Gasteiger partial charge is 0.508 e. The second-order valence-corrected chi connectivity index (χ2v) is 11.8. The maximum Gasteiger partial charge on any atom is 0.319 e. The van der Waals surface area contributed by atoms with Crippen LogP contribution in [0.4, 0.5) is 0 Å². The van der Waals surface area contributed by atoms with E-state index >= 15 is 0 Å². The molecule has 1 N–H and O–H groups in total. The third-order valence-electron chi connectivity index (χ3n) is 7.20. The number of fused-ring (bicyclic) bond motifs is 1. The van der Waals surface area contributed by atoms with E-state index in [0.29, 0.717) is 24.9 Å². The van der Waals surface area contributed by atoms with Crippen LogP contribution in [0.25, 0.3) is 20.5 Å². The van der Waals surface area contributed by atoms with Crippen molar-refractivity contribution in [1.29, 1.82) is 0 Å². The van der Waals surface area contributed by atoms with Crippen molar-refractivity contribution in [1.82, 2.24) is 9.80 Å². The Balaban J connectivity index is 1.24. The van der Waals surface area contributed by atoms with Crippen molar-refractivity contribution in [2.45, 2.75) is 19.4 Å². The van der Waals surface area contributed by atoms with E-state index in [1.54, 1.807) is 23.5 Å². The molecule has 4 aromatic rings. The third kappa shape index (κ3) is 6.78. The molecule has 2 heterocycles. The Morgan fingerprint density at radius 1 is 1.00 bits per heavy atom. The molecule has 9 heteroatoms. The van der Waals surface area contributed by atoms with Crippen LogP contribution in [0.2, 0.25) is 0 Å². The molecule has 7 nitrogen and oxygen atoms in total. The molecule has 0 unspecified atom stereocenters. The summed E-state index contributed by atoms with van der Waals surface area (Å²) in [6.45, 7) is 6.62. The van der Waals surface area contributed by atoms with E-state index in [-0.39, 0.29) is 11.7 Å². The van der Waals surface area contributed by atoms with Crippen LogP contribution in [0.1, 0.15) is 13.3 Å². The zero-order valence-corrected chi connectivity index (χ0v) is 25.0. The second kappa shape index (κ2) is 13.0. The van der Waals surface area contributed by atoms with Crippen molar-refractivity contribution in [3.8, 4) is 33.4 Å². The Morgan fingerprint density at radius 3 is 2.38 bits per heavy atom. The van der Waals surface area contributed by atoms with Crippen molar-refractivity contribution in [2.75, 3.05) is 46.4 Å². The van der Waals surface area contributed by atoms with Gasteiger partial charge in [0.2, 0.25) is 0 Å². The first-order valence-corrected chi connectivity index (χ1v) is 15.0. The van der Waals surface area contributed by atoms with Gasteiger partial charge in [0.15, 0.2) is 5.75 Å². The number of carbonyl (C=O) groups excluding carboxylic acids is 1. The first kappa shape index (κ1) is 28.4. The zero-order valence-electron chi connectivity index (χ0n) is 22.6. The average Bonchev–Trinajstić information content (AvgIpc) is 3.32. The molecular weight excluding hydrogens is 592 g/mol. The van der Waals surface area contributed by atoms with Crippen LogP contribution in [0, 0.1) is 0 Å². The van der Waals surface area contributed by atoms with Gasteiger partial charge in [0.05, 0.1) is 18.5 Å². The summed E-state index contributed by atoms with van der Waals surface area (Å²) in [5, 5.41) is 11.0. The number of hydrogen-bond acceptors (Lipinski definition) is 8. The van der Waals surface area contributed by atoms with E-state index in [9.17, 15) is 9.90 Å². The van der Waals surface area contributed by atoms with Gasteiger partial charge in [-0.15, -0.1) is 11.3 Å². The number of ether oxygens (including phenoxy) is 3. The van der Waals surface area contributed by atoms with E-state index in [1.165, 1.54) is 7.11 Å². The monoisotopic (exact) mass is 624 g/mol. The topological polar surface area (TPSA) is 71.5 Å². The summed E-state index contributed by atoms with van der Waals surface area (Å²) in [6.07, 6.45) is 0.984. The van der Waals surface area contributed by atoms with Crippen LogP contribution in [-0.2, 0) is 9.53 Å². The standard InChI is InChI=1S/C31H33BrN2O5S/c1-3-23(34-16-14-33(15-17-34)19-29(36)37-2)20-38-25-9-11-26(12-10-25)39-30-27-13-8-24(35)18-28(27)40-31(30)21-4-6-22(32)7-5-21/h4-13,18,23,35H,3,14-17,19-20H2,1-2H3/t23-/m0/s1. The lowest BCUT2D eigenvalue weighted by molar-refractivity contribution is -0.142. The summed E-state index contributed by atoms with van der Waals surface area (Å²) in [5.41, 5.74) is 1.05. The van der Waals surface area contributed by atoms with E-state index < -0.39 is 0 Å². The van der Waals surface area contributed by atoms with E-state index in [4.69, 9.17) is 14.2 Å². The highest BCUT2D eigenvalue weighted by molar-refractivity contribution is 9.10. The predicted octanol–water partition coefficient (Wildman–Crippen LogP) is 6.78. The molecule has 210 valence electrons. The van der Waals surface area contributed by atoms with Crippen molar-refractivity contribution in [3.63, 3.8) is 0 Å². The molecule has 1 fully saturated rings. The van der Waals surface area contributed by atoms with E-state index in [1.807, 2.05) is 42.5 Å². The molecule has 1 aromatic heterocycles. The molecule has 0 spiro atoms. The fourth-order valence-electron chi connectivity index (χ4n) is 4.88. The van der Waals surface area contributed by atoms with Gasteiger partial charge >= 0.3 is 5.97 Å². The smallest absolute Gasteiger partial charge is 0.319 e. The van der Waals surface area contributed by atoms with Gasteiger partial charge in [0.25, 0.3) is 0 Å². The summed E-state index contributed by atoms with van der Waals surface area (Å²) in [5.74, 6) is 2.33. The Kier molecular flexibility index (Phi) is 9.26. The number of carbonyl (C=O) groups is 1. The molecule has 1 atom stereocenters. The van der Waals surface area contributed by atoms with Crippen molar-refractivity contribution in [3.05, 3.63) is 71.2 Å². The number of halogens is 1. The first-order chi connectivity index (χ1) is 19.4. The summed E-state index contributed by atoms with van der Waals surface area (Å²) in [4.78, 5) is 17.1. The number of benzene rings is 3. The number of thiophene rings is 1. The SMILES string of the molecule is CC[C@@H](COc1ccc(Oc2c(-c3ccc(Br)cc3)sc3cc(O)ccc23)cc1)N1CCN(CC(=O)OC)CC1. The normalized spacial score (nSPS) is 15.2. The lowest BCUT2D eigenvalue weighted by Crippen LogP contribution is -2.52. The number of nitrogens with zero attached hydrogens (tertiary/aromatic N) is 2. The van der Waals surface area contributed by atoms with Gasteiger partial charge in [0.1, 0.15) is 23.9 Å². The fraction of sp³-hybridized carbons (Fsp3) is 0.323. The maximum absolute atomic E-state index is 11.6. The fourth-order valence-corrected chi connectivity index (χ4v) is 6.32. The molecule has 3 aromatic carbocycles. The highest BCUT2D eigenvalue weighted by Crippen LogP contribution is 2.47. The lowest BCUT2D eigenvalue weighted by Gasteiger charge is -2.38. The Bertz CT molecular complexity index is 1430. The van der Waals surface area contributed by atoms with Crippen LogP contribution >= 0.6 is 27.3 Å². The first-order valence-electron chi connectivity index (χ1n) is 13.4. The number of aromatic hydroxyl groups is 1. The Hall–Kier alpha value is -3.11. The van der Waals surface area contributed by atoms with Crippen LogP contribution in [0.3, 0.4) is 0 Å². The second-order valence-electron chi connectivity index (χ2n) is 9.78. The molecule has 1 aliphatic rings. The average molecular weight is 626 g/mol. The number of phenolic OH excluding ortho intramolecular Hbond substituents is 1. The molecule has 40 heavy (non-hydrogen) atoms. The summed E-state index contributed by atoms with van der Waals surface area (Å²) in [7, 11) is 1.43. The van der Waals surface area contributed by atoms with Crippen molar-refractivity contribution < 1.29 is 24.1 Å². The van der Waals surface area contributed by atoms with Crippen molar-refractivity contribution >= 4 is 43.3 Å². The minimum atomic E-state index is -0.188. The van der Waals surface area contributed by atoms with Gasteiger partial charge in [-0.05, 0) is 66.6 Å². The van der Waals surface area contributed by atoms with Crippen molar-refractivity contribution in [2.24, 2.45) is 0 Å². The van der Waals surface area contributed by atoms with E-state index in [2.05, 4.69) is 44.8 Å². The summed E-state index contributed by atoms with van der Waals surface area (Å²) < 4.78 is 19.4. The molecule has 5 rings (SSSR count). The quantitative estimate of drug-likeness (QED) is 0.195. The highest BCUT2D eigenvalue weighted by Gasteiger charge is 2.24. The van der Waals surface area contributed by atoms with Crippen LogP contribution in [-0.4, -0.2) is 73.4 Å². The van der Waals surface area contributed by atoms with Gasteiger partial charge in [-0.1, -0.05) is 35.0 Å². The number of rotatable bonds is 10. The van der Waals surface area contributed by atoms with Gasteiger partial charge < -0.3 is 19.3 Å². The minimum Gasteiger partial charge on any atom is -0.508 e. The number of hydrogen-bond donors (Lipinski definition) is 1. The molecule has 0 saturated carbocycles. The van der Waals surface area contributed by atoms with E-state index in [0.717, 1.165) is 69.1 Å². The number of methoxy groups -OCH3 is 1. The van der Waals surface area contributed by atoms with Gasteiger partial charge in [-0.2, -0.15) is 0 Å². The predicted molar refractivity (Wildman–Crippen MR) is 163 cm³/mol. The number of esters is 1. The lowest BCUT2D eigenvalue weighted by atomic mass is 10.1. The Morgan fingerprint density at radius 2 is 1.70 bits per heavy atom. The molecule has 0 amide bonds. The van der Waals surface area contributed by atoms with Gasteiger partial charge in [-0.25, -0.2) is 0 Å². The molecule has 1 aliphatic heterocycles. The zero-order chi connectivity index (χ0) is 28.1. The molecular formula is C31H33BrN2O5S. The number of phenols is 1. The van der Waals surface area contributed by atoms with Crippen LogP contribution < -0.4 is 9.47 Å². The van der Waals surface area contributed by atoms with Gasteiger partial charge in [-0.3, -0.25) is 14.6 Å². The molecule has 0 aliphatic carbocycles. The highest BCUT2D eigenvalue weighted by atomic mass is 79.9. The molecule has 0 radical (unpaired) electrons. The molecule has 0 bridgehead atoms. The summed E-state index contributed by atoms with van der Waals surface area (Å²) in [6, 6.07) is 21.5. The minimum absolute atomic E-state index is 0.188. The maximum atomic E-state index is 11.6. The van der Waals surface area contributed by atoms with Crippen LogP contribution in [0.5, 0.6) is 23.0 Å². The van der Waals surface area contributed by atoms with Crippen LogP contribution in [0.15, 0.2) is 71.2 Å². The Labute approximate surface area is 247 Å². The third-order valence-corrected chi connectivity index (χ3v) is 8.91. The summed E-state index contributed by atoms with van der Waals surface area (Å²) >= 11 is 5.10. The van der Waals surface area contributed by atoms with Gasteiger partial charge in [0, 0.05) is 46.8 Å². The molecule has 1 saturated heterocycles.